The van der Waals surface area contributed by atoms with E-state index in [0.717, 1.165) is 13.0 Å². The average molecular weight is 191 g/mol. The molecule has 0 aromatic rings. The van der Waals surface area contributed by atoms with Crippen molar-refractivity contribution < 1.29 is 0 Å². The van der Waals surface area contributed by atoms with Gasteiger partial charge in [-0.3, -0.25) is 0 Å². The molecular formula is C13H21N. The van der Waals surface area contributed by atoms with Gasteiger partial charge in [0, 0.05) is 17.8 Å². The van der Waals surface area contributed by atoms with Gasteiger partial charge in [0.05, 0.1) is 0 Å². The molecule has 0 aliphatic carbocycles. The second-order valence-electron chi connectivity index (χ2n) is 4.67. The Bertz CT molecular complexity index is 276. The number of hydrogen-bond acceptors (Lipinski definition) is 1. The third kappa shape index (κ3) is 2.09. The van der Waals surface area contributed by atoms with Crippen molar-refractivity contribution in [2.45, 2.75) is 39.7 Å². The Morgan fingerprint density at radius 3 is 2.43 bits per heavy atom. The molecule has 0 aromatic heterocycles. The molecule has 78 valence electrons. The second-order valence-corrected chi connectivity index (χ2v) is 4.67. The molecular weight excluding hydrogens is 170 g/mol. The van der Waals surface area contributed by atoms with E-state index in [1.807, 2.05) is 6.08 Å². The SMILES string of the molecule is C=C/C=C1\C(=C/C)CCN1C(C)(C)C. The zero-order valence-corrected chi connectivity index (χ0v) is 9.80. The van der Waals surface area contributed by atoms with E-state index in [1.54, 1.807) is 0 Å². The van der Waals surface area contributed by atoms with Crippen molar-refractivity contribution in [1.82, 2.24) is 4.90 Å². The van der Waals surface area contributed by atoms with Crippen LogP contribution in [0.2, 0.25) is 0 Å². The maximum absolute atomic E-state index is 3.78. The van der Waals surface area contributed by atoms with Gasteiger partial charge >= 0.3 is 0 Å². The van der Waals surface area contributed by atoms with Gasteiger partial charge < -0.3 is 4.90 Å². The molecule has 1 saturated heterocycles. The first-order valence-corrected chi connectivity index (χ1v) is 5.26. The van der Waals surface area contributed by atoms with Gasteiger partial charge in [0.2, 0.25) is 0 Å². The van der Waals surface area contributed by atoms with Crippen LogP contribution in [-0.4, -0.2) is 17.0 Å². The molecule has 0 atom stereocenters. The lowest BCUT2D eigenvalue weighted by Gasteiger charge is -2.34. The van der Waals surface area contributed by atoms with E-state index >= 15 is 0 Å². The molecule has 14 heavy (non-hydrogen) atoms. The molecule has 1 aliphatic rings. The fraction of sp³-hybridized carbons (Fsp3) is 0.538. The van der Waals surface area contributed by atoms with Gasteiger partial charge in [-0.25, -0.2) is 0 Å². The third-order valence-electron chi connectivity index (χ3n) is 2.66. The number of likely N-dealkylation sites (tertiary alicyclic amines) is 1. The van der Waals surface area contributed by atoms with E-state index in [1.165, 1.54) is 11.3 Å². The Morgan fingerprint density at radius 1 is 1.36 bits per heavy atom. The monoisotopic (exact) mass is 191 g/mol. The van der Waals surface area contributed by atoms with Crippen LogP contribution in [0.15, 0.2) is 36.1 Å². The maximum atomic E-state index is 3.78. The Kier molecular flexibility index (Phi) is 3.20. The summed E-state index contributed by atoms with van der Waals surface area (Å²) >= 11 is 0. The smallest absolute Gasteiger partial charge is 0.0400 e. The summed E-state index contributed by atoms with van der Waals surface area (Å²) < 4.78 is 0. The van der Waals surface area contributed by atoms with Crippen molar-refractivity contribution >= 4 is 0 Å². The van der Waals surface area contributed by atoms with Crippen molar-refractivity contribution in [2.75, 3.05) is 6.54 Å². The Balaban J connectivity index is 3.02. The fourth-order valence-electron chi connectivity index (χ4n) is 1.95. The molecule has 0 amide bonds. The quantitative estimate of drug-likeness (QED) is 0.613. The van der Waals surface area contributed by atoms with Crippen molar-refractivity contribution in [3.63, 3.8) is 0 Å². The first kappa shape index (κ1) is 11.1. The number of allylic oxidation sites excluding steroid dienone is 4. The largest absolute Gasteiger partial charge is 0.366 e. The normalized spacial score (nSPS) is 23.6. The summed E-state index contributed by atoms with van der Waals surface area (Å²) in [5.41, 5.74) is 2.99. The van der Waals surface area contributed by atoms with Gasteiger partial charge in [-0.05, 0) is 45.8 Å². The lowest BCUT2D eigenvalue weighted by atomic mass is 10.1. The summed E-state index contributed by atoms with van der Waals surface area (Å²) in [5, 5.41) is 0. The van der Waals surface area contributed by atoms with E-state index in [2.05, 4.69) is 51.3 Å². The van der Waals surface area contributed by atoms with Crippen molar-refractivity contribution in [2.24, 2.45) is 0 Å². The molecule has 0 spiro atoms. The van der Waals surface area contributed by atoms with Crippen LogP contribution in [0.25, 0.3) is 0 Å². The number of nitrogens with zero attached hydrogens (tertiary/aromatic N) is 1. The molecule has 1 aliphatic heterocycles. The molecule has 1 heterocycles. The van der Waals surface area contributed by atoms with E-state index in [9.17, 15) is 0 Å². The third-order valence-corrected chi connectivity index (χ3v) is 2.66. The van der Waals surface area contributed by atoms with Crippen LogP contribution in [0.5, 0.6) is 0 Å². The van der Waals surface area contributed by atoms with Crippen LogP contribution in [0, 0.1) is 0 Å². The minimum atomic E-state index is 0.208. The highest BCUT2D eigenvalue weighted by Gasteiger charge is 2.29. The summed E-state index contributed by atoms with van der Waals surface area (Å²) in [6.07, 6.45) is 7.37. The molecule has 0 bridgehead atoms. The zero-order valence-electron chi connectivity index (χ0n) is 9.80. The molecule has 1 rings (SSSR count). The van der Waals surface area contributed by atoms with Crippen molar-refractivity contribution in [3.05, 3.63) is 36.1 Å². The number of hydrogen-bond donors (Lipinski definition) is 0. The standard InChI is InChI=1S/C13H21N/c1-6-8-12-11(7-2)9-10-14(12)13(3,4)5/h6-8H,1,9-10H2,2-5H3/b11-7-,12-8+. The number of rotatable bonds is 1. The first-order valence-electron chi connectivity index (χ1n) is 5.26. The van der Waals surface area contributed by atoms with Crippen molar-refractivity contribution in [3.8, 4) is 0 Å². The van der Waals surface area contributed by atoms with Gasteiger partial charge in [0.25, 0.3) is 0 Å². The van der Waals surface area contributed by atoms with E-state index in [-0.39, 0.29) is 5.54 Å². The molecule has 1 nitrogen and oxygen atoms in total. The molecule has 0 N–H and O–H groups in total. The molecule has 1 heteroatoms. The van der Waals surface area contributed by atoms with Gasteiger partial charge in [-0.15, -0.1) is 0 Å². The molecule has 0 unspecified atom stereocenters. The van der Waals surface area contributed by atoms with Crippen LogP contribution < -0.4 is 0 Å². The lowest BCUT2D eigenvalue weighted by molar-refractivity contribution is 0.214. The summed E-state index contributed by atoms with van der Waals surface area (Å²) in [5.74, 6) is 0. The van der Waals surface area contributed by atoms with Gasteiger partial charge in [-0.1, -0.05) is 18.7 Å². The predicted molar refractivity (Wildman–Crippen MR) is 63.1 cm³/mol. The maximum Gasteiger partial charge on any atom is 0.0400 e. The first-order chi connectivity index (χ1) is 6.50. The highest BCUT2D eigenvalue weighted by Crippen LogP contribution is 2.33. The van der Waals surface area contributed by atoms with Gasteiger partial charge in [0.1, 0.15) is 0 Å². The summed E-state index contributed by atoms with van der Waals surface area (Å²) in [4.78, 5) is 2.45. The van der Waals surface area contributed by atoms with E-state index in [4.69, 9.17) is 0 Å². The summed E-state index contributed by atoms with van der Waals surface area (Å²) in [6.45, 7) is 13.8. The topological polar surface area (TPSA) is 3.24 Å². The van der Waals surface area contributed by atoms with Gasteiger partial charge in [-0.2, -0.15) is 0 Å². The van der Waals surface area contributed by atoms with Gasteiger partial charge in [0.15, 0.2) is 0 Å². The minimum Gasteiger partial charge on any atom is -0.366 e. The van der Waals surface area contributed by atoms with Crippen LogP contribution in [-0.2, 0) is 0 Å². The highest BCUT2D eigenvalue weighted by atomic mass is 15.2. The average Bonchev–Trinajstić information content (AvgIpc) is 2.47. The minimum absolute atomic E-state index is 0.208. The zero-order chi connectivity index (χ0) is 10.8. The molecule has 0 saturated carbocycles. The molecule has 1 fully saturated rings. The van der Waals surface area contributed by atoms with E-state index < -0.39 is 0 Å². The fourth-order valence-corrected chi connectivity index (χ4v) is 1.95. The van der Waals surface area contributed by atoms with Crippen molar-refractivity contribution in [1.29, 1.82) is 0 Å². The van der Waals surface area contributed by atoms with Crippen LogP contribution in [0.1, 0.15) is 34.1 Å². The summed E-state index contributed by atoms with van der Waals surface area (Å²) in [7, 11) is 0. The second kappa shape index (κ2) is 4.04. The molecule has 0 radical (unpaired) electrons. The van der Waals surface area contributed by atoms with E-state index in [0.29, 0.717) is 0 Å². The highest BCUT2D eigenvalue weighted by molar-refractivity contribution is 5.37. The van der Waals surface area contributed by atoms with Crippen LogP contribution >= 0.6 is 0 Å². The lowest BCUT2D eigenvalue weighted by Crippen LogP contribution is -2.37. The van der Waals surface area contributed by atoms with Crippen LogP contribution in [0.4, 0.5) is 0 Å². The molecule has 0 aromatic carbocycles. The Morgan fingerprint density at radius 2 is 2.00 bits per heavy atom. The van der Waals surface area contributed by atoms with Crippen LogP contribution in [0.3, 0.4) is 0 Å². The Hall–Kier alpha value is -0.980. The summed E-state index contributed by atoms with van der Waals surface area (Å²) in [6, 6.07) is 0. The Labute approximate surface area is 87.8 Å². The predicted octanol–water partition coefficient (Wildman–Crippen LogP) is 3.51.